The maximum atomic E-state index is 12.6. The second-order valence-corrected chi connectivity index (χ2v) is 6.07. The van der Waals surface area contributed by atoms with Crippen molar-refractivity contribution in [2.45, 2.75) is 6.54 Å². The number of hydrogen-bond donors (Lipinski definition) is 1. The van der Waals surface area contributed by atoms with Crippen molar-refractivity contribution in [3.63, 3.8) is 0 Å². The van der Waals surface area contributed by atoms with Gasteiger partial charge in [0.25, 0.3) is 5.56 Å². The maximum Gasteiger partial charge on any atom is 0.358 e. The van der Waals surface area contributed by atoms with Gasteiger partial charge < -0.3 is 10.5 Å². The number of carbonyl (C=O) groups excluding carboxylic acids is 2. The van der Waals surface area contributed by atoms with E-state index in [0.717, 1.165) is 14.7 Å². The van der Waals surface area contributed by atoms with Crippen LogP contribution in [-0.4, -0.2) is 37.5 Å². The fraction of sp³-hybridized carbons (Fsp3) is 0.158. The van der Waals surface area contributed by atoms with Crippen molar-refractivity contribution in [3.05, 3.63) is 86.6 Å². The number of ether oxygens (including phenoxy) is 1. The van der Waals surface area contributed by atoms with Crippen LogP contribution in [-0.2, 0) is 18.3 Å². The fourth-order valence-corrected chi connectivity index (χ4v) is 2.65. The van der Waals surface area contributed by atoms with Gasteiger partial charge in [0.2, 0.25) is 5.78 Å². The molecule has 0 saturated heterocycles. The highest BCUT2D eigenvalue weighted by Gasteiger charge is 2.23. The van der Waals surface area contributed by atoms with E-state index < -0.39 is 35.2 Å². The molecule has 29 heavy (non-hydrogen) atoms. The Morgan fingerprint density at radius 2 is 1.86 bits per heavy atom. The Balaban J connectivity index is 1.90. The number of rotatable bonds is 6. The number of anilines is 1. The standard InChI is InChI=1S/C19H17N5O5/c1-23-17(26)15(14(25)11-29-18(27)13-9-21-7-8-22-13)16(20)24(19(23)28)10-12-5-3-2-4-6-12/h2-9H,10-11,20H2,1H3. The van der Waals surface area contributed by atoms with Gasteiger partial charge in [0.1, 0.15) is 11.4 Å². The molecule has 148 valence electrons. The predicted molar refractivity (Wildman–Crippen MR) is 103 cm³/mol. The summed E-state index contributed by atoms with van der Waals surface area (Å²) in [6.07, 6.45) is 3.86. The van der Waals surface area contributed by atoms with Gasteiger partial charge in [-0.05, 0) is 5.56 Å². The number of nitrogens with zero attached hydrogens (tertiary/aromatic N) is 4. The molecule has 3 rings (SSSR count). The number of nitrogen functional groups attached to an aromatic ring is 1. The Kier molecular flexibility index (Phi) is 5.63. The van der Waals surface area contributed by atoms with Crippen LogP contribution in [0.15, 0.2) is 58.5 Å². The largest absolute Gasteiger partial charge is 0.453 e. The van der Waals surface area contributed by atoms with E-state index >= 15 is 0 Å². The van der Waals surface area contributed by atoms with Crippen LogP contribution >= 0.6 is 0 Å². The molecule has 0 unspecified atom stereocenters. The normalized spacial score (nSPS) is 10.5. The predicted octanol–water partition coefficient (Wildman–Crippen LogP) is 0.00720. The molecule has 3 aromatic rings. The molecule has 0 fully saturated rings. The third-order valence-electron chi connectivity index (χ3n) is 4.15. The summed E-state index contributed by atoms with van der Waals surface area (Å²) in [5, 5.41) is 0. The average Bonchev–Trinajstić information content (AvgIpc) is 2.75. The van der Waals surface area contributed by atoms with Gasteiger partial charge in [0, 0.05) is 19.4 Å². The molecule has 2 aromatic heterocycles. The first kappa shape index (κ1) is 19.7. The SMILES string of the molecule is Cn1c(=O)c(C(=O)COC(=O)c2cnccn2)c(N)n(Cc2ccccc2)c1=O. The van der Waals surface area contributed by atoms with Gasteiger partial charge >= 0.3 is 11.7 Å². The molecule has 0 amide bonds. The van der Waals surface area contributed by atoms with Crippen LogP contribution in [0.4, 0.5) is 5.82 Å². The molecule has 0 atom stereocenters. The lowest BCUT2D eigenvalue weighted by Gasteiger charge is -2.14. The van der Waals surface area contributed by atoms with Crippen molar-refractivity contribution in [3.8, 4) is 0 Å². The summed E-state index contributed by atoms with van der Waals surface area (Å²) in [7, 11) is 1.24. The van der Waals surface area contributed by atoms with E-state index in [1.54, 1.807) is 24.3 Å². The van der Waals surface area contributed by atoms with Crippen LogP contribution in [0.3, 0.4) is 0 Å². The second-order valence-electron chi connectivity index (χ2n) is 6.07. The van der Waals surface area contributed by atoms with Crippen LogP contribution in [0.25, 0.3) is 0 Å². The topological polar surface area (TPSA) is 139 Å². The Bertz CT molecular complexity index is 1170. The number of aromatic nitrogens is 4. The van der Waals surface area contributed by atoms with E-state index in [-0.39, 0.29) is 18.1 Å². The minimum absolute atomic E-state index is 0.0687. The molecule has 1 aromatic carbocycles. The second kappa shape index (κ2) is 8.30. The Labute approximate surface area is 164 Å². The van der Waals surface area contributed by atoms with Gasteiger partial charge in [-0.15, -0.1) is 0 Å². The van der Waals surface area contributed by atoms with Gasteiger partial charge in [-0.25, -0.2) is 14.6 Å². The van der Waals surface area contributed by atoms with E-state index in [0.29, 0.717) is 0 Å². The van der Waals surface area contributed by atoms with Gasteiger partial charge in [0.05, 0.1) is 12.7 Å². The zero-order chi connectivity index (χ0) is 21.0. The molecule has 0 spiro atoms. The molecular weight excluding hydrogens is 378 g/mol. The first-order valence-electron chi connectivity index (χ1n) is 8.49. The first-order chi connectivity index (χ1) is 13.9. The minimum atomic E-state index is -0.876. The molecule has 0 aliphatic heterocycles. The minimum Gasteiger partial charge on any atom is -0.453 e. The summed E-state index contributed by atoms with van der Waals surface area (Å²) in [5.41, 5.74) is 4.71. The number of esters is 1. The summed E-state index contributed by atoms with van der Waals surface area (Å²) < 4.78 is 6.81. The molecule has 2 heterocycles. The van der Waals surface area contributed by atoms with Crippen LogP contribution in [0.1, 0.15) is 26.4 Å². The first-order valence-corrected chi connectivity index (χ1v) is 8.49. The van der Waals surface area contributed by atoms with Crippen LogP contribution < -0.4 is 17.0 Å². The van der Waals surface area contributed by atoms with E-state index in [1.165, 1.54) is 25.6 Å². The van der Waals surface area contributed by atoms with Crippen molar-refractivity contribution in [2.75, 3.05) is 12.3 Å². The summed E-state index contributed by atoms with van der Waals surface area (Å²) >= 11 is 0. The molecule has 0 radical (unpaired) electrons. The lowest BCUT2D eigenvalue weighted by molar-refractivity contribution is 0.0468. The zero-order valence-electron chi connectivity index (χ0n) is 15.4. The molecule has 0 aliphatic carbocycles. The fourth-order valence-electron chi connectivity index (χ4n) is 2.65. The van der Waals surface area contributed by atoms with Crippen LogP contribution in [0.5, 0.6) is 0 Å². The number of carbonyl (C=O) groups is 2. The van der Waals surface area contributed by atoms with E-state index in [1.807, 2.05) is 6.07 Å². The quantitative estimate of drug-likeness (QED) is 0.455. The third kappa shape index (κ3) is 4.10. The van der Waals surface area contributed by atoms with E-state index in [4.69, 9.17) is 10.5 Å². The van der Waals surface area contributed by atoms with Crippen LogP contribution in [0, 0.1) is 0 Å². The molecular formula is C19H17N5O5. The smallest absolute Gasteiger partial charge is 0.358 e. The highest BCUT2D eigenvalue weighted by Crippen LogP contribution is 2.10. The molecule has 0 bridgehead atoms. The Morgan fingerprint density at radius 1 is 1.14 bits per heavy atom. The van der Waals surface area contributed by atoms with Crippen molar-refractivity contribution >= 4 is 17.6 Å². The van der Waals surface area contributed by atoms with Crippen molar-refractivity contribution in [2.24, 2.45) is 7.05 Å². The lowest BCUT2D eigenvalue weighted by Crippen LogP contribution is -2.43. The summed E-state index contributed by atoms with van der Waals surface area (Å²) in [6, 6.07) is 8.95. The highest BCUT2D eigenvalue weighted by atomic mass is 16.5. The van der Waals surface area contributed by atoms with Crippen molar-refractivity contribution < 1.29 is 14.3 Å². The lowest BCUT2D eigenvalue weighted by atomic mass is 10.2. The Morgan fingerprint density at radius 3 is 2.52 bits per heavy atom. The third-order valence-corrected chi connectivity index (χ3v) is 4.15. The number of Topliss-reactive ketones (excluding diaryl/α,β-unsaturated/α-hetero) is 1. The summed E-state index contributed by atoms with van der Waals surface area (Å²) in [6.45, 7) is -0.669. The summed E-state index contributed by atoms with van der Waals surface area (Å²) in [5.74, 6) is -2.00. The molecule has 0 saturated carbocycles. The van der Waals surface area contributed by atoms with Gasteiger partial charge in [0.15, 0.2) is 12.3 Å². The van der Waals surface area contributed by atoms with Gasteiger partial charge in [-0.3, -0.25) is 23.7 Å². The van der Waals surface area contributed by atoms with Gasteiger partial charge in [-0.2, -0.15) is 0 Å². The van der Waals surface area contributed by atoms with Gasteiger partial charge in [-0.1, -0.05) is 30.3 Å². The molecule has 2 N–H and O–H groups in total. The average molecular weight is 395 g/mol. The molecule has 0 aliphatic rings. The number of nitrogens with two attached hydrogens (primary N) is 1. The molecule has 10 heteroatoms. The highest BCUT2D eigenvalue weighted by molar-refractivity contribution is 6.02. The monoisotopic (exact) mass is 395 g/mol. The number of benzene rings is 1. The van der Waals surface area contributed by atoms with Crippen molar-refractivity contribution in [1.29, 1.82) is 0 Å². The molecule has 10 nitrogen and oxygen atoms in total. The van der Waals surface area contributed by atoms with E-state index in [2.05, 4.69) is 9.97 Å². The Hall–Kier alpha value is -4.08. The number of hydrogen-bond acceptors (Lipinski definition) is 8. The number of ketones is 1. The van der Waals surface area contributed by atoms with Crippen molar-refractivity contribution in [1.82, 2.24) is 19.1 Å². The maximum absolute atomic E-state index is 12.6. The summed E-state index contributed by atoms with van der Waals surface area (Å²) in [4.78, 5) is 56.9. The van der Waals surface area contributed by atoms with Crippen LogP contribution in [0.2, 0.25) is 0 Å². The van der Waals surface area contributed by atoms with E-state index in [9.17, 15) is 19.2 Å². The zero-order valence-corrected chi connectivity index (χ0v) is 15.4.